The van der Waals surface area contributed by atoms with Crippen LogP contribution in [-0.2, 0) is 14.8 Å². The molecule has 0 bridgehead atoms. The van der Waals surface area contributed by atoms with Crippen molar-refractivity contribution in [2.24, 2.45) is 0 Å². The first-order valence-electron chi connectivity index (χ1n) is 13.6. The highest BCUT2D eigenvalue weighted by Crippen LogP contribution is 2.32. The summed E-state index contributed by atoms with van der Waals surface area (Å²) in [6.07, 6.45) is 2.84. The van der Waals surface area contributed by atoms with Gasteiger partial charge in [0.1, 0.15) is 23.3 Å². The summed E-state index contributed by atoms with van der Waals surface area (Å²) in [6.45, 7) is 5.09. The maximum atomic E-state index is 15.7. The van der Waals surface area contributed by atoms with E-state index in [1.54, 1.807) is 30.2 Å². The maximum absolute atomic E-state index is 15.7. The van der Waals surface area contributed by atoms with Crippen LogP contribution in [0.3, 0.4) is 0 Å². The number of nitrogens with one attached hydrogen (secondary N) is 2. The Kier molecular flexibility index (Phi) is 8.07. The van der Waals surface area contributed by atoms with Gasteiger partial charge in [-0.2, -0.15) is 5.10 Å². The van der Waals surface area contributed by atoms with Gasteiger partial charge in [0.2, 0.25) is 0 Å². The third-order valence-corrected chi connectivity index (χ3v) is 9.11. The lowest BCUT2D eigenvalue weighted by atomic mass is 10.2. The minimum absolute atomic E-state index is 0.0566. The summed E-state index contributed by atoms with van der Waals surface area (Å²) in [5.41, 5.74) is 0.479. The highest BCUT2D eigenvalue weighted by atomic mass is 35.5. The SMILES string of the molecule is Cc1cn(-c2ccc3ncnc(Nc4c(F)ccc(NS(=O)(=O)c5cccc(Cl)c5C)c4F)c3n2)nc1C(=O)N1CCOCC1. The van der Waals surface area contributed by atoms with E-state index in [0.29, 0.717) is 43.2 Å². The molecule has 12 nitrogen and oxygen atoms in total. The van der Waals surface area contributed by atoms with Crippen LogP contribution in [0.15, 0.2) is 59.9 Å². The number of rotatable bonds is 7. The molecule has 0 atom stereocenters. The summed E-state index contributed by atoms with van der Waals surface area (Å²) in [5.74, 6) is -2.21. The van der Waals surface area contributed by atoms with Gasteiger partial charge in [0.25, 0.3) is 15.9 Å². The predicted octanol–water partition coefficient (Wildman–Crippen LogP) is 4.78. The molecule has 1 aliphatic heterocycles. The van der Waals surface area contributed by atoms with Crippen LogP contribution >= 0.6 is 11.6 Å². The first-order chi connectivity index (χ1) is 21.5. The molecule has 0 saturated carbocycles. The Morgan fingerprint density at radius 2 is 1.82 bits per heavy atom. The number of fused-ring (bicyclic) bond motifs is 1. The van der Waals surface area contributed by atoms with E-state index >= 15 is 4.39 Å². The highest BCUT2D eigenvalue weighted by molar-refractivity contribution is 7.92. The van der Waals surface area contributed by atoms with Gasteiger partial charge in [-0.05, 0) is 55.8 Å². The lowest BCUT2D eigenvalue weighted by molar-refractivity contribution is 0.0298. The zero-order valence-electron chi connectivity index (χ0n) is 23.9. The van der Waals surface area contributed by atoms with Crippen molar-refractivity contribution in [2.45, 2.75) is 18.7 Å². The molecule has 5 aromatic rings. The lowest BCUT2D eigenvalue weighted by Crippen LogP contribution is -2.41. The second-order valence-electron chi connectivity index (χ2n) is 10.1. The Bertz CT molecular complexity index is 2070. The highest BCUT2D eigenvalue weighted by Gasteiger charge is 2.25. The summed E-state index contributed by atoms with van der Waals surface area (Å²) >= 11 is 6.07. The van der Waals surface area contributed by atoms with Crippen LogP contribution in [0.25, 0.3) is 16.9 Å². The van der Waals surface area contributed by atoms with Crippen molar-refractivity contribution in [3.05, 3.63) is 88.5 Å². The van der Waals surface area contributed by atoms with Crippen molar-refractivity contribution in [2.75, 3.05) is 36.3 Å². The molecule has 1 amide bonds. The molecule has 1 aliphatic rings. The Hall–Kier alpha value is -4.73. The van der Waals surface area contributed by atoms with Crippen molar-refractivity contribution in [1.82, 2.24) is 29.6 Å². The standard InChI is InChI=1S/C29H25ClF2N8O4S/c1-16-14-40(37-25(16)29(41)39-10-12-44-13-11-39)23-9-8-21-27(35-23)28(34-15-33-21)36-26-19(31)6-7-20(24(26)32)38-45(42,43)22-5-3-4-18(30)17(22)2/h3-9,14-15,38H,10-13H2,1-2H3,(H,33,34,36). The molecule has 0 unspecified atom stereocenters. The number of morpholine rings is 1. The van der Waals surface area contributed by atoms with Gasteiger partial charge in [-0.25, -0.2) is 36.8 Å². The van der Waals surface area contributed by atoms with E-state index in [4.69, 9.17) is 16.3 Å². The largest absolute Gasteiger partial charge is 0.378 e. The Balaban J connectivity index is 1.33. The molecule has 1 fully saturated rings. The van der Waals surface area contributed by atoms with Gasteiger partial charge in [-0.3, -0.25) is 9.52 Å². The zero-order valence-corrected chi connectivity index (χ0v) is 25.5. The number of pyridine rings is 1. The van der Waals surface area contributed by atoms with Crippen LogP contribution in [0.1, 0.15) is 21.6 Å². The second-order valence-corrected chi connectivity index (χ2v) is 12.2. The Labute approximate surface area is 261 Å². The summed E-state index contributed by atoms with van der Waals surface area (Å²) < 4.78 is 65.7. The number of carbonyl (C=O) groups excluding carboxylic acids is 1. The molecule has 1 saturated heterocycles. The van der Waals surface area contributed by atoms with E-state index in [-0.39, 0.29) is 38.4 Å². The van der Waals surface area contributed by atoms with Crippen LogP contribution in [0.4, 0.5) is 26.0 Å². The van der Waals surface area contributed by atoms with Gasteiger partial charge in [0, 0.05) is 29.9 Å². The number of sulfonamides is 1. The van der Waals surface area contributed by atoms with Gasteiger partial charge >= 0.3 is 0 Å². The summed E-state index contributed by atoms with van der Waals surface area (Å²) in [4.78, 5) is 27.4. The smallest absolute Gasteiger partial charge is 0.274 e. The van der Waals surface area contributed by atoms with Crippen LogP contribution < -0.4 is 10.0 Å². The number of aryl methyl sites for hydroxylation is 1. The van der Waals surface area contributed by atoms with Crippen molar-refractivity contribution < 1.29 is 26.7 Å². The number of anilines is 3. The molecular weight excluding hydrogens is 630 g/mol. The topological polar surface area (TPSA) is 144 Å². The molecule has 0 aliphatic carbocycles. The fourth-order valence-corrected chi connectivity index (χ4v) is 6.36. The van der Waals surface area contributed by atoms with E-state index < -0.39 is 33.0 Å². The zero-order chi connectivity index (χ0) is 31.9. The van der Waals surface area contributed by atoms with E-state index in [9.17, 15) is 17.6 Å². The minimum atomic E-state index is -4.28. The average Bonchev–Trinajstić information content (AvgIpc) is 3.43. The summed E-state index contributed by atoms with van der Waals surface area (Å²) in [6, 6.07) is 9.43. The van der Waals surface area contributed by atoms with Gasteiger partial charge in [-0.1, -0.05) is 17.7 Å². The molecular formula is C29H25ClF2N8O4S. The molecule has 4 heterocycles. The van der Waals surface area contributed by atoms with Gasteiger partial charge < -0.3 is 15.0 Å². The molecule has 2 N–H and O–H groups in total. The number of hydrogen-bond acceptors (Lipinski definition) is 9. The van der Waals surface area contributed by atoms with Crippen molar-refractivity contribution >= 4 is 55.8 Å². The third kappa shape index (κ3) is 5.89. The maximum Gasteiger partial charge on any atom is 0.274 e. The van der Waals surface area contributed by atoms with Gasteiger partial charge in [0.05, 0.1) is 29.3 Å². The summed E-state index contributed by atoms with van der Waals surface area (Å²) in [5, 5.41) is 7.27. The number of ether oxygens (including phenoxy) is 1. The quantitative estimate of drug-likeness (QED) is 0.253. The molecule has 2 aromatic carbocycles. The Morgan fingerprint density at radius 3 is 2.60 bits per heavy atom. The average molecular weight is 655 g/mol. The number of hydrogen-bond donors (Lipinski definition) is 2. The van der Waals surface area contributed by atoms with Crippen molar-refractivity contribution in [1.29, 1.82) is 0 Å². The minimum Gasteiger partial charge on any atom is -0.378 e. The number of aromatic nitrogens is 5. The Morgan fingerprint density at radius 1 is 1.04 bits per heavy atom. The number of nitrogens with zero attached hydrogens (tertiary/aromatic N) is 6. The third-order valence-electron chi connectivity index (χ3n) is 7.19. The lowest BCUT2D eigenvalue weighted by Gasteiger charge is -2.26. The number of carbonyl (C=O) groups is 1. The molecule has 0 spiro atoms. The van der Waals surface area contributed by atoms with Gasteiger partial charge in [0.15, 0.2) is 23.1 Å². The molecule has 0 radical (unpaired) electrons. The monoisotopic (exact) mass is 654 g/mol. The molecule has 6 rings (SSSR count). The molecule has 16 heteroatoms. The fourth-order valence-electron chi connectivity index (χ4n) is 4.80. The second kappa shape index (κ2) is 12.0. The normalized spacial score (nSPS) is 13.7. The predicted molar refractivity (Wildman–Crippen MR) is 163 cm³/mol. The van der Waals surface area contributed by atoms with Crippen LogP contribution in [0.2, 0.25) is 5.02 Å². The van der Waals surface area contributed by atoms with Crippen LogP contribution in [0.5, 0.6) is 0 Å². The van der Waals surface area contributed by atoms with Crippen molar-refractivity contribution in [3.8, 4) is 5.82 Å². The first kappa shape index (κ1) is 30.3. The first-order valence-corrected chi connectivity index (χ1v) is 15.5. The number of halogens is 3. The van der Waals surface area contributed by atoms with Gasteiger partial charge in [-0.15, -0.1) is 0 Å². The molecule has 3 aromatic heterocycles. The summed E-state index contributed by atoms with van der Waals surface area (Å²) in [7, 11) is -4.28. The van der Waals surface area contributed by atoms with Crippen molar-refractivity contribution in [3.63, 3.8) is 0 Å². The van der Waals surface area contributed by atoms with Crippen LogP contribution in [-0.4, -0.2) is 70.3 Å². The molecule has 45 heavy (non-hydrogen) atoms. The number of amides is 1. The number of benzene rings is 2. The fraction of sp³-hybridized carbons (Fsp3) is 0.207. The van der Waals surface area contributed by atoms with E-state index in [1.165, 1.54) is 36.1 Å². The van der Waals surface area contributed by atoms with E-state index in [0.717, 1.165) is 12.1 Å². The van der Waals surface area contributed by atoms with E-state index in [2.05, 4.69) is 30.1 Å². The molecule has 232 valence electrons. The van der Waals surface area contributed by atoms with Crippen LogP contribution in [0, 0.1) is 25.5 Å². The van der Waals surface area contributed by atoms with E-state index in [1.807, 2.05) is 0 Å².